The molecule has 4 aromatic rings. The predicted octanol–water partition coefficient (Wildman–Crippen LogP) is 6.57. The first-order valence-electron chi connectivity index (χ1n) is 8.14. The predicted molar refractivity (Wildman–Crippen MR) is 113 cm³/mol. The van der Waals surface area contributed by atoms with Crippen LogP contribution < -0.4 is 0 Å². The van der Waals surface area contributed by atoms with Gasteiger partial charge in [-0.25, -0.2) is 4.98 Å². The molecule has 28 heavy (non-hydrogen) atoms. The molecule has 8 heteroatoms. The van der Waals surface area contributed by atoms with Crippen LogP contribution in [0.3, 0.4) is 0 Å². The highest BCUT2D eigenvalue weighted by Crippen LogP contribution is 2.28. The molecule has 0 aliphatic carbocycles. The quantitative estimate of drug-likeness (QED) is 0.197. The Hall–Kier alpha value is -3.03. The molecule has 3 aromatic carbocycles. The van der Waals surface area contributed by atoms with E-state index in [0.717, 1.165) is 5.56 Å². The van der Waals surface area contributed by atoms with Crippen molar-refractivity contribution in [2.45, 2.75) is 0 Å². The zero-order chi connectivity index (χ0) is 19.7. The van der Waals surface area contributed by atoms with Gasteiger partial charge in [-0.15, -0.1) is 0 Å². The molecule has 0 bridgehead atoms. The van der Waals surface area contributed by atoms with Crippen LogP contribution in [0, 0.1) is 10.1 Å². The molecule has 0 spiro atoms. The minimum absolute atomic E-state index is 0.00430. The van der Waals surface area contributed by atoms with Gasteiger partial charge < -0.3 is 4.42 Å². The van der Waals surface area contributed by atoms with Crippen LogP contribution in [0.5, 0.6) is 0 Å². The second kappa shape index (κ2) is 7.53. The maximum absolute atomic E-state index is 11.0. The van der Waals surface area contributed by atoms with Crippen molar-refractivity contribution in [2.75, 3.05) is 0 Å². The number of nitrogens with zero attached hydrogens (tertiary/aromatic N) is 3. The van der Waals surface area contributed by atoms with E-state index in [1.54, 1.807) is 36.5 Å². The molecule has 0 saturated carbocycles. The number of aromatic nitrogens is 1. The standard InChI is InChI=1S/C20H11BrClN3O3/c21-16-7-1-12(9-18(16)25(26)27)11-23-15-5-2-13(3-6-15)20-24-17-10-14(22)4-8-19(17)28-20/h1-11H. The van der Waals surface area contributed by atoms with Gasteiger partial charge in [0.15, 0.2) is 5.58 Å². The third kappa shape index (κ3) is 3.81. The number of benzene rings is 3. The Kier molecular flexibility index (Phi) is 4.93. The number of nitro groups is 1. The smallest absolute Gasteiger partial charge is 0.284 e. The maximum Gasteiger partial charge on any atom is 0.284 e. The minimum Gasteiger partial charge on any atom is -0.436 e. The van der Waals surface area contributed by atoms with Crippen molar-refractivity contribution in [1.82, 2.24) is 4.98 Å². The number of fused-ring (bicyclic) bond motifs is 1. The van der Waals surface area contributed by atoms with Crippen LogP contribution in [-0.4, -0.2) is 16.1 Å². The third-order valence-corrected chi connectivity index (χ3v) is 4.90. The lowest BCUT2D eigenvalue weighted by Crippen LogP contribution is -1.91. The summed E-state index contributed by atoms with van der Waals surface area (Å²) in [4.78, 5) is 19.4. The van der Waals surface area contributed by atoms with Gasteiger partial charge in [0.2, 0.25) is 5.89 Å². The molecule has 4 rings (SSSR count). The van der Waals surface area contributed by atoms with Gasteiger partial charge >= 0.3 is 0 Å². The van der Waals surface area contributed by atoms with E-state index in [4.69, 9.17) is 16.0 Å². The van der Waals surface area contributed by atoms with E-state index in [1.807, 2.05) is 24.3 Å². The Morgan fingerprint density at radius 1 is 1.11 bits per heavy atom. The fourth-order valence-corrected chi connectivity index (χ4v) is 3.17. The Morgan fingerprint density at radius 2 is 1.89 bits per heavy atom. The second-order valence-electron chi connectivity index (χ2n) is 5.90. The van der Waals surface area contributed by atoms with E-state index >= 15 is 0 Å². The molecule has 0 N–H and O–H groups in total. The Bertz CT molecular complexity index is 1220. The average molecular weight is 457 g/mol. The van der Waals surface area contributed by atoms with Crippen LogP contribution in [-0.2, 0) is 0 Å². The van der Waals surface area contributed by atoms with Gasteiger partial charge in [-0.3, -0.25) is 15.1 Å². The third-order valence-electron chi connectivity index (χ3n) is 3.99. The van der Waals surface area contributed by atoms with Crippen molar-refractivity contribution in [3.8, 4) is 11.5 Å². The molecule has 138 valence electrons. The van der Waals surface area contributed by atoms with Gasteiger partial charge in [-0.05, 0) is 70.0 Å². The van der Waals surface area contributed by atoms with Gasteiger partial charge in [0.05, 0.1) is 15.1 Å². The highest BCUT2D eigenvalue weighted by molar-refractivity contribution is 9.10. The van der Waals surface area contributed by atoms with Gasteiger partial charge in [0, 0.05) is 22.9 Å². The Balaban J connectivity index is 1.57. The van der Waals surface area contributed by atoms with Crippen LogP contribution >= 0.6 is 27.5 Å². The molecule has 0 radical (unpaired) electrons. The molecular formula is C20H11BrClN3O3. The van der Waals surface area contributed by atoms with E-state index in [-0.39, 0.29) is 5.69 Å². The number of hydrogen-bond donors (Lipinski definition) is 0. The maximum atomic E-state index is 11.0. The van der Waals surface area contributed by atoms with Gasteiger partial charge in [-0.2, -0.15) is 0 Å². The van der Waals surface area contributed by atoms with Crippen molar-refractivity contribution in [3.63, 3.8) is 0 Å². The Morgan fingerprint density at radius 3 is 2.64 bits per heavy atom. The molecule has 0 aliphatic heterocycles. The first-order chi connectivity index (χ1) is 13.5. The van der Waals surface area contributed by atoms with Crippen molar-refractivity contribution < 1.29 is 9.34 Å². The molecule has 0 atom stereocenters. The average Bonchev–Trinajstić information content (AvgIpc) is 3.10. The highest BCUT2D eigenvalue weighted by atomic mass is 79.9. The summed E-state index contributed by atoms with van der Waals surface area (Å²) in [7, 11) is 0. The number of halogens is 2. The lowest BCUT2D eigenvalue weighted by atomic mass is 10.2. The molecular weight excluding hydrogens is 446 g/mol. The molecule has 0 amide bonds. The van der Waals surface area contributed by atoms with Crippen molar-refractivity contribution in [3.05, 3.63) is 85.8 Å². The van der Waals surface area contributed by atoms with Crippen LogP contribution in [0.25, 0.3) is 22.6 Å². The first kappa shape index (κ1) is 18.3. The van der Waals surface area contributed by atoms with Crippen LogP contribution in [0.4, 0.5) is 11.4 Å². The fraction of sp³-hybridized carbons (Fsp3) is 0. The molecule has 0 saturated heterocycles. The SMILES string of the molecule is O=[N+]([O-])c1cc(C=Nc2ccc(-c3nc4cc(Cl)ccc4o3)cc2)ccc1Br. The molecule has 0 unspecified atom stereocenters. The van der Waals surface area contributed by atoms with Crippen LogP contribution in [0.15, 0.2) is 74.5 Å². The topological polar surface area (TPSA) is 81.5 Å². The largest absolute Gasteiger partial charge is 0.436 e. The zero-order valence-electron chi connectivity index (χ0n) is 14.2. The second-order valence-corrected chi connectivity index (χ2v) is 7.19. The van der Waals surface area contributed by atoms with Crippen LogP contribution in [0.2, 0.25) is 5.02 Å². The van der Waals surface area contributed by atoms with E-state index in [1.165, 1.54) is 6.07 Å². The van der Waals surface area contributed by atoms with E-state index < -0.39 is 4.92 Å². The summed E-state index contributed by atoms with van der Waals surface area (Å²) in [5, 5.41) is 11.6. The molecule has 1 heterocycles. The number of rotatable bonds is 4. The van der Waals surface area contributed by atoms with Crippen molar-refractivity contribution in [2.24, 2.45) is 4.99 Å². The summed E-state index contributed by atoms with van der Waals surface area (Å²) < 4.78 is 6.18. The van der Waals surface area contributed by atoms with E-state index in [0.29, 0.717) is 37.7 Å². The zero-order valence-corrected chi connectivity index (χ0v) is 16.5. The van der Waals surface area contributed by atoms with Gasteiger partial charge in [0.25, 0.3) is 5.69 Å². The van der Waals surface area contributed by atoms with Gasteiger partial charge in [0.1, 0.15) is 5.52 Å². The summed E-state index contributed by atoms with van der Waals surface area (Å²) in [6.45, 7) is 0. The molecule has 6 nitrogen and oxygen atoms in total. The summed E-state index contributed by atoms with van der Waals surface area (Å²) in [5.41, 5.74) is 3.50. The van der Waals surface area contributed by atoms with E-state index in [2.05, 4.69) is 25.9 Å². The number of oxazole rings is 1. The number of hydrogen-bond acceptors (Lipinski definition) is 5. The lowest BCUT2D eigenvalue weighted by Gasteiger charge is -1.99. The number of aliphatic imine (C=N–C) groups is 1. The lowest BCUT2D eigenvalue weighted by molar-refractivity contribution is -0.385. The monoisotopic (exact) mass is 455 g/mol. The number of nitro benzene ring substituents is 1. The normalized spacial score (nSPS) is 11.4. The van der Waals surface area contributed by atoms with Crippen LogP contribution in [0.1, 0.15) is 5.56 Å². The summed E-state index contributed by atoms with van der Waals surface area (Å²) in [5.74, 6) is 0.497. The molecule has 0 aliphatic rings. The highest BCUT2D eigenvalue weighted by Gasteiger charge is 2.11. The summed E-state index contributed by atoms with van der Waals surface area (Å²) in [6, 6.07) is 17.5. The van der Waals surface area contributed by atoms with Gasteiger partial charge in [-0.1, -0.05) is 17.7 Å². The molecule has 1 aromatic heterocycles. The fourth-order valence-electron chi connectivity index (χ4n) is 2.61. The van der Waals surface area contributed by atoms with E-state index in [9.17, 15) is 10.1 Å². The Labute approximate surface area is 172 Å². The minimum atomic E-state index is -0.441. The first-order valence-corrected chi connectivity index (χ1v) is 9.31. The summed E-state index contributed by atoms with van der Waals surface area (Å²) in [6.07, 6.45) is 1.58. The van der Waals surface area contributed by atoms with Crippen molar-refractivity contribution >= 4 is 56.2 Å². The summed E-state index contributed by atoms with van der Waals surface area (Å²) >= 11 is 9.14. The molecule has 0 fully saturated rings. The van der Waals surface area contributed by atoms with Crippen molar-refractivity contribution in [1.29, 1.82) is 0 Å².